The number of amides is 1. The van der Waals surface area contributed by atoms with Gasteiger partial charge < -0.3 is 44.2 Å². The minimum atomic E-state index is -1.33. The molecule has 0 spiro atoms. The molecule has 4 N–H and O–H groups in total. The Morgan fingerprint density at radius 2 is 1.42 bits per heavy atom. The second-order valence-electron chi connectivity index (χ2n) is 11.6. The maximum Gasteiger partial charge on any atom is 0.407 e. The molecule has 14 heteroatoms. The fourth-order valence-corrected chi connectivity index (χ4v) is 3.00. The van der Waals surface area contributed by atoms with Gasteiger partial charge in [-0.3, -0.25) is 4.79 Å². The van der Waals surface area contributed by atoms with Crippen LogP contribution in [0.2, 0.25) is 0 Å². The van der Waals surface area contributed by atoms with Gasteiger partial charge in [0, 0.05) is 5.54 Å². The third-order valence-electron chi connectivity index (χ3n) is 5.39. The molecule has 2 atom stereocenters. The van der Waals surface area contributed by atoms with E-state index < -0.39 is 68.1 Å². The van der Waals surface area contributed by atoms with E-state index in [4.69, 9.17) is 23.4 Å². The lowest BCUT2D eigenvalue weighted by molar-refractivity contribution is -0.163. The maximum atomic E-state index is 12.4. The number of aromatic nitrogens is 1. The van der Waals surface area contributed by atoms with Crippen LogP contribution in [-0.2, 0) is 36.8 Å². The number of hydrogen-bond donors (Lipinski definition) is 4. The first-order valence-corrected chi connectivity index (χ1v) is 13.6. The normalized spacial score (nSPS) is 13.0. The van der Waals surface area contributed by atoms with Crippen molar-refractivity contribution in [3.05, 3.63) is 53.2 Å². The summed E-state index contributed by atoms with van der Waals surface area (Å²) in [6.45, 7) is 9.66. The molecule has 1 amide bonds. The summed E-state index contributed by atoms with van der Waals surface area (Å²) in [7, 11) is 0. The Balaban J connectivity index is 1.74. The minimum Gasteiger partial charge on any atom is -0.463 e. The highest BCUT2D eigenvalue weighted by Crippen LogP contribution is 2.17. The molecule has 0 aromatic carbocycles. The highest BCUT2D eigenvalue weighted by Gasteiger charge is 2.27. The zero-order valence-electron chi connectivity index (χ0n) is 25.3. The Hall–Kier alpha value is -4.01. The number of nitrogens with zero attached hydrogens (tertiary/aromatic N) is 1. The molecule has 0 aliphatic carbocycles. The molecule has 2 heterocycles. The molecular weight excluding hydrogens is 566 g/mol. The van der Waals surface area contributed by atoms with E-state index in [0.717, 1.165) is 0 Å². The summed E-state index contributed by atoms with van der Waals surface area (Å²) in [5.41, 5.74) is -1.36. The van der Waals surface area contributed by atoms with Crippen LogP contribution in [0.15, 0.2) is 34.7 Å². The highest BCUT2D eigenvalue weighted by atomic mass is 16.6. The SMILES string of the molecule is CC(C)(C)NCc1ccc(CNC(=O)OCC(O)COC(=O)c2cccc(C(=O)OCC(CO)OC(=O)C(C)(C)C)n2)o1. The Morgan fingerprint density at radius 3 is 1.98 bits per heavy atom. The average Bonchev–Trinajstić information content (AvgIpc) is 3.41. The van der Waals surface area contributed by atoms with Crippen LogP contribution < -0.4 is 10.6 Å². The van der Waals surface area contributed by atoms with Crippen molar-refractivity contribution in [2.45, 2.75) is 72.4 Å². The van der Waals surface area contributed by atoms with Gasteiger partial charge in [0.15, 0.2) is 6.10 Å². The number of alkyl carbamates (subject to hydrolysis) is 1. The van der Waals surface area contributed by atoms with Crippen LogP contribution in [0.25, 0.3) is 0 Å². The predicted molar refractivity (Wildman–Crippen MR) is 151 cm³/mol. The molecule has 0 aliphatic heterocycles. The zero-order valence-corrected chi connectivity index (χ0v) is 25.3. The molecule has 0 saturated carbocycles. The van der Waals surface area contributed by atoms with Gasteiger partial charge >= 0.3 is 24.0 Å². The summed E-state index contributed by atoms with van der Waals surface area (Å²) in [4.78, 5) is 52.6. The quantitative estimate of drug-likeness (QED) is 0.180. The first-order chi connectivity index (χ1) is 20.1. The lowest BCUT2D eigenvalue weighted by atomic mass is 9.97. The second-order valence-corrected chi connectivity index (χ2v) is 11.6. The Labute approximate surface area is 250 Å². The molecule has 0 bridgehead atoms. The number of pyridine rings is 1. The molecule has 2 unspecified atom stereocenters. The third-order valence-corrected chi connectivity index (χ3v) is 5.39. The topological polar surface area (TPSA) is 196 Å². The van der Waals surface area contributed by atoms with Crippen molar-refractivity contribution in [2.24, 2.45) is 5.41 Å². The van der Waals surface area contributed by atoms with E-state index >= 15 is 0 Å². The van der Waals surface area contributed by atoms with E-state index in [-0.39, 0.29) is 23.5 Å². The highest BCUT2D eigenvalue weighted by molar-refractivity contribution is 5.91. The second kappa shape index (κ2) is 16.0. The van der Waals surface area contributed by atoms with Crippen LogP contribution in [0.1, 0.15) is 74.0 Å². The zero-order chi connectivity index (χ0) is 32.2. The van der Waals surface area contributed by atoms with Crippen LogP contribution in [0.3, 0.4) is 0 Å². The van der Waals surface area contributed by atoms with Crippen LogP contribution in [-0.4, -0.2) is 83.4 Å². The molecule has 2 aromatic rings. The van der Waals surface area contributed by atoms with Gasteiger partial charge in [-0.1, -0.05) is 6.07 Å². The van der Waals surface area contributed by atoms with E-state index in [2.05, 4.69) is 15.6 Å². The number of carbonyl (C=O) groups excluding carboxylic acids is 4. The fraction of sp³-hybridized carbons (Fsp3) is 0.552. The Morgan fingerprint density at radius 1 is 0.860 bits per heavy atom. The minimum absolute atomic E-state index is 0.0731. The van der Waals surface area contributed by atoms with Crippen molar-refractivity contribution in [1.29, 1.82) is 0 Å². The number of ether oxygens (including phenoxy) is 4. The van der Waals surface area contributed by atoms with E-state index in [1.54, 1.807) is 32.9 Å². The van der Waals surface area contributed by atoms with Gasteiger partial charge in [-0.25, -0.2) is 19.4 Å². The lowest BCUT2D eigenvalue weighted by Gasteiger charge is -2.21. The third kappa shape index (κ3) is 13.2. The number of furan rings is 1. The fourth-order valence-electron chi connectivity index (χ4n) is 3.00. The van der Waals surface area contributed by atoms with Crippen molar-refractivity contribution in [3.8, 4) is 0 Å². The summed E-state index contributed by atoms with van der Waals surface area (Å²) in [6.07, 6.45) is -3.21. The molecule has 0 aliphatic rings. The van der Waals surface area contributed by atoms with E-state index in [1.165, 1.54) is 18.2 Å². The van der Waals surface area contributed by atoms with Crippen molar-refractivity contribution in [2.75, 3.05) is 26.4 Å². The Kier molecular flexibility index (Phi) is 13.1. The smallest absolute Gasteiger partial charge is 0.407 e. The first-order valence-electron chi connectivity index (χ1n) is 13.6. The molecule has 238 valence electrons. The van der Waals surface area contributed by atoms with Gasteiger partial charge in [-0.15, -0.1) is 0 Å². The predicted octanol–water partition coefficient (Wildman–Crippen LogP) is 2.11. The van der Waals surface area contributed by atoms with Crippen molar-refractivity contribution >= 4 is 24.0 Å². The number of aliphatic hydroxyl groups excluding tert-OH is 2. The van der Waals surface area contributed by atoms with Crippen LogP contribution >= 0.6 is 0 Å². The van der Waals surface area contributed by atoms with Crippen LogP contribution in [0, 0.1) is 5.41 Å². The van der Waals surface area contributed by atoms with E-state index in [9.17, 15) is 29.4 Å². The molecule has 43 heavy (non-hydrogen) atoms. The maximum absolute atomic E-state index is 12.4. The van der Waals surface area contributed by atoms with Crippen molar-refractivity contribution in [1.82, 2.24) is 15.6 Å². The van der Waals surface area contributed by atoms with Gasteiger partial charge in [0.25, 0.3) is 0 Å². The van der Waals surface area contributed by atoms with Gasteiger partial charge in [-0.2, -0.15) is 0 Å². The van der Waals surface area contributed by atoms with E-state index in [1.807, 2.05) is 20.8 Å². The number of rotatable bonds is 14. The summed E-state index contributed by atoms with van der Waals surface area (Å²) in [6, 6.07) is 7.48. The average molecular weight is 608 g/mol. The number of carbonyl (C=O) groups is 4. The van der Waals surface area contributed by atoms with Gasteiger partial charge in [0.2, 0.25) is 0 Å². The monoisotopic (exact) mass is 607 g/mol. The Bertz CT molecular complexity index is 1230. The molecule has 14 nitrogen and oxygen atoms in total. The van der Waals surface area contributed by atoms with E-state index in [0.29, 0.717) is 18.1 Å². The number of nitrogens with one attached hydrogen (secondary N) is 2. The standard InChI is InChI=1S/C29H41N3O11/c1-28(2,3)26(37)43-21(14-33)17-40-25(36)23-9-7-8-22(32-23)24(35)39-15-18(34)16-41-27(38)30-12-19-10-11-20(42-19)13-31-29(4,5)6/h7-11,18,21,31,33-34H,12-17H2,1-6H3,(H,30,38). The number of esters is 3. The summed E-state index contributed by atoms with van der Waals surface area (Å²) < 4.78 is 25.8. The van der Waals surface area contributed by atoms with Gasteiger partial charge in [0.1, 0.15) is 48.8 Å². The summed E-state index contributed by atoms with van der Waals surface area (Å²) in [5, 5.41) is 25.3. The van der Waals surface area contributed by atoms with Gasteiger partial charge in [-0.05, 0) is 65.8 Å². The van der Waals surface area contributed by atoms with Crippen LogP contribution in [0.4, 0.5) is 4.79 Å². The molecule has 2 rings (SSSR count). The lowest BCUT2D eigenvalue weighted by Crippen LogP contribution is -2.34. The summed E-state index contributed by atoms with van der Waals surface area (Å²) >= 11 is 0. The molecular formula is C29H41N3O11. The van der Waals surface area contributed by atoms with Crippen molar-refractivity contribution < 1.29 is 52.8 Å². The molecule has 0 radical (unpaired) electrons. The largest absolute Gasteiger partial charge is 0.463 e. The number of hydrogen-bond acceptors (Lipinski definition) is 13. The summed E-state index contributed by atoms with van der Waals surface area (Å²) in [5.74, 6) is -1.21. The molecule has 0 saturated heterocycles. The van der Waals surface area contributed by atoms with Crippen LogP contribution in [0.5, 0.6) is 0 Å². The molecule has 2 aromatic heterocycles. The first kappa shape index (κ1) is 35.2. The van der Waals surface area contributed by atoms with Gasteiger partial charge in [0.05, 0.1) is 25.1 Å². The van der Waals surface area contributed by atoms with Crippen molar-refractivity contribution in [3.63, 3.8) is 0 Å². The number of aliphatic hydroxyl groups is 2. The molecule has 0 fully saturated rings.